The van der Waals surface area contributed by atoms with Crippen LogP contribution in [-0.4, -0.2) is 64.9 Å². The van der Waals surface area contributed by atoms with Crippen LogP contribution in [-0.2, 0) is 27.3 Å². The van der Waals surface area contributed by atoms with Crippen LogP contribution in [0.15, 0.2) is 17.4 Å². The van der Waals surface area contributed by atoms with Gasteiger partial charge >= 0.3 is 5.69 Å². The van der Waals surface area contributed by atoms with Gasteiger partial charge in [-0.2, -0.15) is 0 Å². The molecule has 2 aromatic rings. The molecule has 4 aliphatic rings. The molecule has 3 aliphatic carbocycles. The number of aryl methyl sites for hydroxylation is 1. The summed E-state index contributed by atoms with van der Waals surface area (Å²) in [6, 6.07) is 2.06. The lowest BCUT2D eigenvalue weighted by Crippen LogP contribution is -2.44. The highest BCUT2D eigenvalue weighted by molar-refractivity contribution is 7.15. The Bertz CT molecular complexity index is 1420. The number of nitro benzene ring substituents is 1. The number of benzene rings is 1. The standard InChI is InChI=1S/C31H41N5O6S/c1-18-16-32-30(43-18)33-26(37)7-4-19-15-25(34-41-3)31(2)9-8-21-22(27(19)31)5-6-23-24(21)14-20(29(38)28(23)36(39)40)17-35-10-12-42-13-11-35/h14,16,19,21-22,27,38H,4-13,15,17H2,1-3H3,(H,32,33,37)/t19-,21?,22?,27?,31-/m1/s1. The number of aromatic hydroxyl groups is 1. The molecule has 232 valence electrons. The number of carbonyl (C=O) groups excluding carboxylic acids is 1. The van der Waals surface area contributed by atoms with Crippen LogP contribution in [0.1, 0.15) is 72.9 Å². The number of phenolic OH excluding ortho intramolecular Hbond substituents is 1. The van der Waals surface area contributed by atoms with Gasteiger partial charge in [-0.25, -0.2) is 4.98 Å². The van der Waals surface area contributed by atoms with Gasteiger partial charge in [-0.05, 0) is 80.8 Å². The van der Waals surface area contributed by atoms with E-state index in [9.17, 15) is 20.0 Å². The number of rotatable bonds is 8. The first-order valence-corrected chi connectivity index (χ1v) is 16.2. The van der Waals surface area contributed by atoms with Crippen molar-refractivity contribution in [2.45, 2.75) is 71.3 Å². The molecule has 2 saturated carbocycles. The maximum Gasteiger partial charge on any atom is 0.314 e. The normalized spacial score (nSPS) is 29.5. The van der Waals surface area contributed by atoms with Crippen molar-refractivity contribution in [1.82, 2.24) is 9.88 Å². The van der Waals surface area contributed by atoms with Gasteiger partial charge in [0.2, 0.25) is 5.91 Å². The predicted octanol–water partition coefficient (Wildman–Crippen LogP) is 5.40. The number of aromatic nitrogens is 1. The van der Waals surface area contributed by atoms with Crippen LogP contribution in [0, 0.1) is 40.2 Å². The van der Waals surface area contributed by atoms with E-state index in [1.165, 1.54) is 11.3 Å². The number of hydrogen-bond acceptors (Lipinski definition) is 10. The molecule has 1 aromatic heterocycles. The molecule has 1 amide bonds. The molecule has 0 spiro atoms. The van der Waals surface area contributed by atoms with Crippen LogP contribution < -0.4 is 5.32 Å². The third kappa shape index (κ3) is 5.64. The maximum atomic E-state index is 12.9. The molecule has 43 heavy (non-hydrogen) atoms. The van der Waals surface area contributed by atoms with E-state index in [1.54, 1.807) is 13.3 Å². The van der Waals surface area contributed by atoms with E-state index >= 15 is 0 Å². The van der Waals surface area contributed by atoms with Crippen LogP contribution in [0.25, 0.3) is 0 Å². The summed E-state index contributed by atoms with van der Waals surface area (Å²) >= 11 is 1.47. The van der Waals surface area contributed by atoms with Gasteiger partial charge in [0.25, 0.3) is 0 Å². The number of ether oxygens (including phenoxy) is 1. The lowest BCUT2D eigenvalue weighted by Gasteiger charge is -2.50. The highest BCUT2D eigenvalue weighted by Crippen LogP contribution is 2.63. The Labute approximate surface area is 255 Å². The Morgan fingerprint density at radius 3 is 2.86 bits per heavy atom. The molecule has 0 radical (unpaired) electrons. The number of morpholine rings is 1. The molecule has 12 heteroatoms. The third-order valence-electron chi connectivity index (χ3n) is 10.4. The zero-order valence-electron chi connectivity index (χ0n) is 25.1. The van der Waals surface area contributed by atoms with Crippen molar-refractivity contribution < 1.29 is 24.4 Å². The highest BCUT2D eigenvalue weighted by Gasteiger charge is 2.58. The molecule has 3 fully saturated rings. The second-order valence-corrected chi connectivity index (χ2v) is 14.0. The number of nitrogens with zero attached hydrogens (tertiary/aromatic N) is 4. The van der Waals surface area contributed by atoms with Gasteiger partial charge < -0.3 is 20.0 Å². The van der Waals surface area contributed by atoms with Crippen LogP contribution in [0.5, 0.6) is 5.75 Å². The molecule has 3 unspecified atom stereocenters. The van der Waals surface area contributed by atoms with E-state index in [0.717, 1.165) is 61.3 Å². The van der Waals surface area contributed by atoms with Gasteiger partial charge in [-0.1, -0.05) is 12.1 Å². The van der Waals surface area contributed by atoms with Crippen LogP contribution in [0.4, 0.5) is 10.8 Å². The van der Waals surface area contributed by atoms with Crippen molar-refractivity contribution in [3.8, 4) is 5.75 Å². The molecular weight excluding hydrogens is 570 g/mol. The minimum atomic E-state index is -0.394. The fourth-order valence-electron chi connectivity index (χ4n) is 8.58. The van der Waals surface area contributed by atoms with E-state index < -0.39 is 4.92 Å². The summed E-state index contributed by atoms with van der Waals surface area (Å²) in [6.45, 7) is 7.42. The number of anilines is 1. The Hall–Kier alpha value is -3.09. The van der Waals surface area contributed by atoms with Gasteiger partial charge in [0.1, 0.15) is 7.11 Å². The molecule has 1 aromatic carbocycles. The maximum absolute atomic E-state index is 12.9. The van der Waals surface area contributed by atoms with Crippen molar-refractivity contribution in [3.05, 3.63) is 43.9 Å². The average molecular weight is 612 g/mol. The Morgan fingerprint density at radius 1 is 1.37 bits per heavy atom. The van der Waals surface area contributed by atoms with E-state index in [2.05, 4.69) is 33.3 Å². The Balaban J connectivity index is 1.29. The first-order valence-electron chi connectivity index (χ1n) is 15.3. The summed E-state index contributed by atoms with van der Waals surface area (Å²) in [5, 5.41) is 31.5. The lowest BCUT2D eigenvalue weighted by atomic mass is 9.53. The first-order chi connectivity index (χ1) is 20.7. The van der Waals surface area contributed by atoms with Crippen LogP contribution in [0.3, 0.4) is 0 Å². The summed E-state index contributed by atoms with van der Waals surface area (Å²) in [5.41, 5.74) is 3.14. The van der Waals surface area contributed by atoms with Crippen molar-refractivity contribution in [2.75, 3.05) is 38.7 Å². The molecular formula is C31H41N5O6S. The molecule has 11 nitrogen and oxygen atoms in total. The van der Waals surface area contributed by atoms with E-state index in [1.807, 2.05) is 6.92 Å². The topological polar surface area (TPSA) is 139 Å². The summed E-state index contributed by atoms with van der Waals surface area (Å²) in [7, 11) is 1.59. The first kappa shape index (κ1) is 30.0. The van der Waals surface area contributed by atoms with Crippen molar-refractivity contribution in [1.29, 1.82) is 0 Å². The summed E-state index contributed by atoms with van der Waals surface area (Å²) in [4.78, 5) is 37.7. The van der Waals surface area contributed by atoms with Crippen molar-refractivity contribution in [3.63, 3.8) is 0 Å². The van der Waals surface area contributed by atoms with Gasteiger partial charge in [-0.15, -0.1) is 11.3 Å². The van der Waals surface area contributed by atoms with Gasteiger partial charge in [-0.3, -0.25) is 19.8 Å². The molecule has 2 heterocycles. The number of amides is 1. The zero-order valence-corrected chi connectivity index (χ0v) is 26.0. The fraction of sp³-hybridized carbons (Fsp3) is 0.645. The van der Waals surface area contributed by atoms with E-state index in [4.69, 9.17) is 9.57 Å². The minimum absolute atomic E-state index is 0.0339. The largest absolute Gasteiger partial charge is 0.502 e. The number of nitrogens with one attached hydrogen (secondary N) is 1. The summed E-state index contributed by atoms with van der Waals surface area (Å²) in [5.74, 6) is 0.750. The number of carbonyl (C=O) groups is 1. The summed E-state index contributed by atoms with van der Waals surface area (Å²) in [6.07, 6.45) is 6.82. The van der Waals surface area contributed by atoms with Gasteiger partial charge in [0.05, 0.1) is 23.8 Å². The van der Waals surface area contributed by atoms with Crippen molar-refractivity contribution in [2.24, 2.45) is 28.3 Å². The van der Waals surface area contributed by atoms with Crippen LogP contribution >= 0.6 is 11.3 Å². The Morgan fingerprint density at radius 2 is 2.16 bits per heavy atom. The average Bonchev–Trinajstić information content (AvgIpc) is 3.52. The molecule has 1 saturated heterocycles. The number of phenols is 1. The predicted molar refractivity (Wildman–Crippen MR) is 164 cm³/mol. The number of thiazole rings is 1. The number of oxime groups is 1. The van der Waals surface area contributed by atoms with Gasteiger partial charge in [0.15, 0.2) is 10.9 Å². The number of nitro groups is 1. The molecule has 5 atom stereocenters. The highest BCUT2D eigenvalue weighted by atomic mass is 32.1. The lowest BCUT2D eigenvalue weighted by molar-refractivity contribution is -0.386. The quantitative estimate of drug-likeness (QED) is 0.299. The van der Waals surface area contributed by atoms with Gasteiger partial charge in [0, 0.05) is 53.7 Å². The van der Waals surface area contributed by atoms with E-state index in [-0.39, 0.29) is 40.5 Å². The smallest absolute Gasteiger partial charge is 0.314 e. The molecule has 2 N–H and O–H groups in total. The number of hydrogen-bond donors (Lipinski definition) is 2. The van der Waals surface area contributed by atoms with Crippen molar-refractivity contribution >= 4 is 33.8 Å². The fourth-order valence-corrected chi connectivity index (χ4v) is 9.26. The second kappa shape index (κ2) is 12.1. The molecule has 0 bridgehead atoms. The second-order valence-electron chi connectivity index (χ2n) is 12.8. The van der Waals surface area contributed by atoms with Crippen LogP contribution in [0.2, 0.25) is 0 Å². The number of fused-ring (bicyclic) bond motifs is 5. The summed E-state index contributed by atoms with van der Waals surface area (Å²) < 4.78 is 5.48. The molecule has 6 rings (SSSR count). The Kier molecular flexibility index (Phi) is 8.45. The minimum Gasteiger partial charge on any atom is -0.502 e. The van der Waals surface area contributed by atoms with E-state index in [0.29, 0.717) is 54.8 Å². The monoisotopic (exact) mass is 611 g/mol. The third-order valence-corrected chi connectivity index (χ3v) is 11.3. The zero-order chi connectivity index (χ0) is 30.3. The molecule has 1 aliphatic heterocycles. The SMILES string of the molecule is CON=C1C[C@@H](CCC(=O)Nc2ncc(C)s2)C2C3CCc4c(cc(CN5CCOCC5)c(O)c4[N+](=O)[O-])C3CC[C@]12C.